The topological polar surface area (TPSA) is 400 Å². The molecule has 0 saturated carbocycles. The van der Waals surface area contributed by atoms with Crippen LogP contribution in [0.15, 0.2) is 0 Å². The van der Waals surface area contributed by atoms with Gasteiger partial charge < -0.3 is 57.4 Å². The molecule has 2 aliphatic rings. The molecule has 12 N–H and O–H groups in total. The normalized spacial score (nSPS) is 18.6. The van der Waals surface area contributed by atoms with Crippen molar-refractivity contribution < 1.29 is 83.7 Å². The number of aliphatic carboxylic acids is 7. The van der Waals surface area contributed by atoms with Crippen LogP contribution in [-0.4, -0.2) is 317 Å². The average Bonchev–Trinajstić information content (AvgIpc) is 3.28. The maximum atomic E-state index is 13.7. The first-order chi connectivity index (χ1) is 34.6. The van der Waals surface area contributed by atoms with E-state index in [0.717, 1.165) is 0 Å². The number of rotatable bonds is 29. The van der Waals surface area contributed by atoms with Gasteiger partial charge in [0, 0.05) is 118 Å². The van der Waals surface area contributed by atoms with Crippen molar-refractivity contribution in [1.82, 2.24) is 55.1 Å². The van der Waals surface area contributed by atoms with Gasteiger partial charge in [-0.25, -0.2) is 0 Å². The highest BCUT2D eigenvalue weighted by Crippen LogP contribution is 2.07. The molecule has 2 saturated heterocycles. The number of nitrogens with one attached hydrogen (secondary N) is 3. The second kappa shape index (κ2) is 35.5. The van der Waals surface area contributed by atoms with Crippen LogP contribution in [-0.2, 0) is 47.9 Å². The summed E-state index contributed by atoms with van der Waals surface area (Å²) < 4.78 is 0. The minimum atomic E-state index is -1.15. The second-order valence-corrected chi connectivity index (χ2v) is 18.3. The molecule has 2 aliphatic heterocycles. The number of nitrogens with zero attached hydrogens (tertiary/aromatic N) is 8. The van der Waals surface area contributed by atoms with Gasteiger partial charge in [0.1, 0.15) is 12.1 Å². The van der Waals surface area contributed by atoms with Crippen LogP contribution >= 0.6 is 0 Å². The van der Waals surface area contributed by atoms with Gasteiger partial charge in [-0.3, -0.25) is 87.1 Å². The van der Waals surface area contributed by atoms with E-state index in [1.54, 1.807) is 39.2 Å². The Kier molecular flexibility index (Phi) is 30.8. The fraction of sp³-hybridized carbons (Fsp3) is 0.773. The van der Waals surface area contributed by atoms with Gasteiger partial charge in [-0.05, 0) is 38.5 Å². The molecule has 0 aliphatic carbocycles. The average molecular weight is 1050 g/mol. The molecule has 2 atom stereocenters. The Balaban J connectivity index is 2.15. The van der Waals surface area contributed by atoms with Gasteiger partial charge in [0.15, 0.2) is 0 Å². The zero-order valence-corrected chi connectivity index (χ0v) is 41.7. The van der Waals surface area contributed by atoms with Crippen LogP contribution in [0.4, 0.5) is 0 Å². The molecule has 0 aromatic rings. The highest BCUT2D eigenvalue weighted by Gasteiger charge is 2.26. The first kappa shape index (κ1) is 63.5. The van der Waals surface area contributed by atoms with Gasteiger partial charge in [0.05, 0.1) is 52.4 Å². The number of nitrogens with two attached hydrogens (primary N) is 1. The summed E-state index contributed by atoms with van der Waals surface area (Å²) in [5, 5.41) is 74.6. The third-order valence-electron chi connectivity index (χ3n) is 12.2. The van der Waals surface area contributed by atoms with Crippen LogP contribution in [0, 0.1) is 0 Å². The number of carboxylic acids is 7. The van der Waals surface area contributed by atoms with Gasteiger partial charge in [-0.15, -0.1) is 0 Å². The number of carbonyl (C=O) groups is 10. The zero-order chi connectivity index (χ0) is 54.3. The first-order valence-corrected chi connectivity index (χ1v) is 24.5. The molecule has 2 heterocycles. The zero-order valence-electron chi connectivity index (χ0n) is 41.7. The summed E-state index contributed by atoms with van der Waals surface area (Å²) in [6.07, 6.45) is 1.84. The van der Waals surface area contributed by atoms with E-state index in [0.29, 0.717) is 25.7 Å². The summed E-state index contributed by atoms with van der Waals surface area (Å²) in [4.78, 5) is 135. The van der Waals surface area contributed by atoms with Crippen LogP contribution in [0.3, 0.4) is 0 Å². The van der Waals surface area contributed by atoms with Gasteiger partial charge in [0.25, 0.3) is 0 Å². The van der Waals surface area contributed by atoms with E-state index < -0.39 is 65.7 Å². The third kappa shape index (κ3) is 30.9. The predicted octanol–water partition coefficient (Wildman–Crippen LogP) is -5.59. The van der Waals surface area contributed by atoms with E-state index in [4.69, 9.17) is 10.8 Å². The standard InChI is InChI=1S/C44H78N12O17/c45-33(44(72)73)5-1-3-8-47-43(71)34(48-36(58)26-50-11-15-53(29-39(63)64)19-23-56(32-42(69)70)24-20-54(16-12-50)30-40(65)66)6-2-4-7-46-35(57)25-49-9-13-51(27-37(59)60)17-21-55(31-41(67)68)22-18-52(14-10-49)28-38(61)62/h33-34H,1-32,45H2,(H,46,57)(H,47,71)(H,48,58)(H,59,60)(H,61,62)(H,63,64)(H,65,66)(H,67,68)(H,69,70)(H,72,73). The smallest absolute Gasteiger partial charge is 0.320 e. The van der Waals surface area contributed by atoms with Crippen molar-refractivity contribution in [3.63, 3.8) is 0 Å². The monoisotopic (exact) mass is 1050 g/mol. The number of amides is 3. The Bertz CT molecular complexity index is 1740. The van der Waals surface area contributed by atoms with Crippen molar-refractivity contribution in [1.29, 1.82) is 0 Å². The van der Waals surface area contributed by atoms with E-state index >= 15 is 0 Å². The van der Waals surface area contributed by atoms with Crippen molar-refractivity contribution in [3.05, 3.63) is 0 Å². The third-order valence-corrected chi connectivity index (χ3v) is 12.2. The Morgan fingerprint density at radius 1 is 0.356 bits per heavy atom. The van der Waals surface area contributed by atoms with Gasteiger partial charge in [-0.1, -0.05) is 0 Å². The van der Waals surface area contributed by atoms with Crippen molar-refractivity contribution >= 4 is 59.5 Å². The van der Waals surface area contributed by atoms with Gasteiger partial charge in [0.2, 0.25) is 17.7 Å². The molecule has 2 rings (SSSR count). The molecule has 2 fully saturated rings. The van der Waals surface area contributed by atoms with E-state index in [1.807, 2.05) is 0 Å². The second-order valence-electron chi connectivity index (χ2n) is 18.3. The van der Waals surface area contributed by atoms with Gasteiger partial charge in [-0.2, -0.15) is 0 Å². The molecule has 2 unspecified atom stereocenters. The molecule has 0 aromatic carbocycles. The lowest BCUT2D eigenvalue weighted by atomic mass is 10.1. The van der Waals surface area contributed by atoms with Crippen LogP contribution in [0.2, 0.25) is 0 Å². The first-order valence-electron chi connectivity index (χ1n) is 24.5. The quantitative estimate of drug-likeness (QED) is 0.0311. The summed E-state index contributed by atoms with van der Waals surface area (Å²) in [6.45, 7) is 1.24. The predicted molar refractivity (Wildman–Crippen MR) is 259 cm³/mol. The number of carbonyl (C=O) groups excluding carboxylic acids is 3. The Morgan fingerprint density at radius 2 is 0.616 bits per heavy atom. The lowest BCUT2D eigenvalue weighted by Gasteiger charge is -2.33. The minimum Gasteiger partial charge on any atom is -0.480 e. The summed E-state index contributed by atoms with van der Waals surface area (Å²) >= 11 is 0. The molecular weight excluding hydrogens is 969 g/mol. The lowest BCUT2D eigenvalue weighted by Crippen LogP contribution is -2.52. The maximum absolute atomic E-state index is 13.7. The number of unbranched alkanes of at least 4 members (excludes halogenated alkanes) is 2. The molecule has 0 radical (unpaired) electrons. The number of hydrogen-bond donors (Lipinski definition) is 11. The molecule has 3 amide bonds. The molecule has 0 aromatic heterocycles. The summed E-state index contributed by atoms with van der Waals surface area (Å²) in [5.74, 6) is -9.13. The summed E-state index contributed by atoms with van der Waals surface area (Å²) in [6, 6.07) is -2.11. The molecule has 29 nitrogen and oxygen atoms in total. The molecule has 0 bridgehead atoms. The molecular formula is C44H78N12O17. The SMILES string of the molecule is NC(CCCCNC(=O)C(CCCCNC(=O)CN1CCN(CC(=O)O)CCN(CC(=O)O)CCN(CC(=O)O)CC1)NC(=O)CN1CCN(CC(=O)O)CCN(CC(=O)O)CCN(CC(=O)O)CC1)C(=O)O. The molecule has 73 heavy (non-hydrogen) atoms. The molecule has 416 valence electrons. The minimum absolute atomic E-state index is 0.104. The largest absolute Gasteiger partial charge is 0.480 e. The Morgan fingerprint density at radius 3 is 0.904 bits per heavy atom. The number of hydrogen-bond acceptors (Lipinski definition) is 19. The van der Waals surface area contributed by atoms with Crippen LogP contribution < -0.4 is 21.7 Å². The van der Waals surface area contributed by atoms with Crippen molar-refractivity contribution in [2.24, 2.45) is 5.73 Å². The summed E-state index contributed by atoms with van der Waals surface area (Å²) in [5.41, 5.74) is 5.60. The lowest BCUT2D eigenvalue weighted by molar-refractivity contribution is -0.140. The van der Waals surface area contributed by atoms with Gasteiger partial charge >= 0.3 is 41.8 Å². The Labute approximate surface area is 424 Å². The molecule has 0 spiro atoms. The van der Waals surface area contributed by atoms with Crippen LogP contribution in [0.25, 0.3) is 0 Å². The van der Waals surface area contributed by atoms with Crippen molar-refractivity contribution in [3.8, 4) is 0 Å². The van der Waals surface area contributed by atoms with Crippen LogP contribution in [0.5, 0.6) is 0 Å². The van der Waals surface area contributed by atoms with E-state index in [9.17, 15) is 78.6 Å². The van der Waals surface area contributed by atoms with Crippen molar-refractivity contribution in [2.45, 2.75) is 50.6 Å². The summed E-state index contributed by atoms with van der Waals surface area (Å²) in [7, 11) is 0. The fourth-order valence-electron chi connectivity index (χ4n) is 8.19. The van der Waals surface area contributed by atoms with Crippen molar-refractivity contribution in [2.75, 3.05) is 170 Å². The maximum Gasteiger partial charge on any atom is 0.320 e. The molecule has 29 heteroatoms. The highest BCUT2D eigenvalue weighted by molar-refractivity contribution is 5.88. The van der Waals surface area contributed by atoms with Crippen LogP contribution in [0.1, 0.15) is 38.5 Å². The number of carboxylic acid groups (broad SMARTS) is 7. The fourth-order valence-corrected chi connectivity index (χ4v) is 8.19. The highest BCUT2D eigenvalue weighted by atomic mass is 16.4. The van der Waals surface area contributed by atoms with E-state index in [-0.39, 0.29) is 189 Å². The van der Waals surface area contributed by atoms with E-state index in [1.165, 1.54) is 0 Å². The van der Waals surface area contributed by atoms with E-state index in [2.05, 4.69) is 16.0 Å². The Hall–Kier alpha value is -5.66.